The molecule has 2 rings (SSSR count). The molecule has 0 unspecified atom stereocenters. The highest BCUT2D eigenvalue weighted by atomic mass is 16.5. The Hall–Kier alpha value is -1.79. The van der Waals surface area contributed by atoms with E-state index < -0.39 is 0 Å². The lowest BCUT2D eigenvalue weighted by molar-refractivity contribution is 0.0628. The summed E-state index contributed by atoms with van der Waals surface area (Å²) in [5.74, 6) is -0.00264. The van der Waals surface area contributed by atoms with E-state index in [0.29, 0.717) is 31.9 Å². The maximum Gasteiger partial charge on any atom is 0.256 e. The molecular weight excluding hydrogens is 270 g/mol. The molecule has 1 aromatic carbocycles. The van der Waals surface area contributed by atoms with Crippen LogP contribution in [0, 0.1) is 0 Å². The minimum Gasteiger partial charge on any atom is -0.383 e. The van der Waals surface area contributed by atoms with Crippen molar-refractivity contribution in [1.29, 1.82) is 0 Å². The van der Waals surface area contributed by atoms with Crippen LogP contribution in [-0.2, 0) is 9.47 Å². The summed E-state index contributed by atoms with van der Waals surface area (Å²) in [5, 5.41) is 6.61. The standard InChI is InChI=1S/C15H23N3O3/c1-20-10-8-18(9-11-21-2)15(19)12-4-3-5-13-14(12)17-7-6-16-13/h3-5,16-17H,6-11H2,1-2H3. The minimum absolute atomic E-state index is 0.00264. The third kappa shape index (κ3) is 3.86. The second-order valence-electron chi connectivity index (χ2n) is 4.86. The molecule has 1 amide bonds. The fourth-order valence-corrected chi connectivity index (χ4v) is 2.34. The molecule has 116 valence electrons. The Morgan fingerprint density at radius 3 is 2.48 bits per heavy atom. The zero-order chi connectivity index (χ0) is 15.1. The van der Waals surface area contributed by atoms with Crippen LogP contribution < -0.4 is 10.6 Å². The lowest BCUT2D eigenvalue weighted by Gasteiger charge is -2.26. The first kappa shape index (κ1) is 15.6. The summed E-state index contributed by atoms with van der Waals surface area (Å²) in [6, 6.07) is 5.73. The maximum atomic E-state index is 12.8. The molecule has 2 N–H and O–H groups in total. The zero-order valence-electron chi connectivity index (χ0n) is 12.6. The average molecular weight is 293 g/mol. The molecule has 0 radical (unpaired) electrons. The van der Waals surface area contributed by atoms with Gasteiger partial charge in [0.1, 0.15) is 0 Å². The van der Waals surface area contributed by atoms with Crippen molar-refractivity contribution in [3.05, 3.63) is 23.8 Å². The van der Waals surface area contributed by atoms with E-state index in [1.54, 1.807) is 19.1 Å². The summed E-state index contributed by atoms with van der Waals surface area (Å²) >= 11 is 0. The van der Waals surface area contributed by atoms with Gasteiger partial charge in [0.15, 0.2) is 0 Å². The summed E-state index contributed by atoms with van der Waals surface area (Å²) in [6.45, 7) is 3.80. The van der Waals surface area contributed by atoms with Crippen LogP contribution in [0.4, 0.5) is 11.4 Å². The molecule has 1 aliphatic heterocycles. The van der Waals surface area contributed by atoms with E-state index >= 15 is 0 Å². The van der Waals surface area contributed by atoms with E-state index in [2.05, 4.69) is 10.6 Å². The zero-order valence-corrected chi connectivity index (χ0v) is 12.6. The number of carbonyl (C=O) groups excluding carboxylic acids is 1. The van der Waals surface area contributed by atoms with Gasteiger partial charge in [-0.05, 0) is 12.1 Å². The molecule has 1 aliphatic rings. The highest BCUT2D eigenvalue weighted by Crippen LogP contribution is 2.29. The molecule has 0 saturated heterocycles. The molecule has 0 saturated carbocycles. The molecule has 0 aromatic heterocycles. The predicted octanol–water partition coefficient (Wildman–Crippen LogP) is 1.26. The fraction of sp³-hybridized carbons (Fsp3) is 0.533. The largest absolute Gasteiger partial charge is 0.383 e. The quantitative estimate of drug-likeness (QED) is 0.792. The Morgan fingerprint density at radius 1 is 1.14 bits per heavy atom. The van der Waals surface area contributed by atoms with Gasteiger partial charge < -0.3 is 25.0 Å². The van der Waals surface area contributed by atoms with E-state index in [4.69, 9.17) is 9.47 Å². The average Bonchev–Trinajstić information content (AvgIpc) is 2.54. The van der Waals surface area contributed by atoms with Crippen LogP contribution in [0.1, 0.15) is 10.4 Å². The number of hydrogen-bond donors (Lipinski definition) is 2. The highest BCUT2D eigenvalue weighted by molar-refractivity contribution is 6.02. The van der Waals surface area contributed by atoms with Crippen molar-refractivity contribution >= 4 is 17.3 Å². The van der Waals surface area contributed by atoms with Crippen LogP contribution in [0.2, 0.25) is 0 Å². The van der Waals surface area contributed by atoms with Crippen molar-refractivity contribution < 1.29 is 14.3 Å². The first-order valence-electron chi connectivity index (χ1n) is 7.16. The number of rotatable bonds is 7. The monoisotopic (exact) mass is 293 g/mol. The molecule has 0 atom stereocenters. The van der Waals surface area contributed by atoms with Crippen molar-refractivity contribution in [1.82, 2.24) is 4.90 Å². The van der Waals surface area contributed by atoms with E-state index in [1.165, 1.54) is 0 Å². The molecule has 0 spiro atoms. The molecule has 1 aromatic rings. The lowest BCUT2D eigenvalue weighted by Crippen LogP contribution is -2.37. The van der Waals surface area contributed by atoms with Crippen LogP contribution in [0.25, 0.3) is 0 Å². The smallest absolute Gasteiger partial charge is 0.256 e. The summed E-state index contributed by atoms with van der Waals surface area (Å²) in [7, 11) is 3.27. The van der Waals surface area contributed by atoms with Gasteiger partial charge in [0.2, 0.25) is 0 Å². The Balaban J connectivity index is 2.19. The Morgan fingerprint density at radius 2 is 1.81 bits per heavy atom. The van der Waals surface area contributed by atoms with Gasteiger partial charge in [0.05, 0.1) is 30.2 Å². The molecule has 6 heteroatoms. The molecule has 0 aliphatic carbocycles. The van der Waals surface area contributed by atoms with Gasteiger partial charge in [0, 0.05) is 40.4 Å². The number of anilines is 2. The predicted molar refractivity (Wildman–Crippen MR) is 83.1 cm³/mol. The van der Waals surface area contributed by atoms with Gasteiger partial charge in [-0.2, -0.15) is 0 Å². The molecular formula is C15H23N3O3. The second-order valence-corrected chi connectivity index (χ2v) is 4.86. The number of hydrogen-bond acceptors (Lipinski definition) is 5. The van der Waals surface area contributed by atoms with Gasteiger partial charge >= 0.3 is 0 Å². The number of nitrogens with one attached hydrogen (secondary N) is 2. The van der Waals surface area contributed by atoms with Crippen LogP contribution in [-0.4, -0.2) is 64.4 Å². The third-order valence-electron chi connectivity index (χ3n) is 3.45. The Labute approximate surface area is 125 Å². The normalized spacial score (nSPS) is 13.0. The number of fused-ring (bicyclic) bond motifs is 1. The summed E-state index contributed by atoms with van der Waals surface area (Å²) < 4.78 is 10.2. The van der Waals surface area contributed by atoms with Crippen LogP contribution >= 0.6 is 0 Å². The van der Waals surface area contributed by atoms with Crippen molar-refractivity contribution in [2.24, 2.45) is 0 Å². The SMILES string of the molecule is COCCN(CCOC)C(=O)c1cccc2c1NCCN2. The first-order valence-corrected chi connectivity index (χ1v) is 7.16. The van der Waals surface area contributed by atoms with E-state index in [0.717, 1.165) is 24.5 Å². The third-order valence-corrected chi connectivity index (χ3v) is 3.45. The molecule has 0 fully saturated rings. The molecule has 6 nitrogen and oxygen atoms in total. The minimum atomic E-state index is -0.00264. The topological polar surface area (TPSA) is 62.8 Å². The van der Waals surface area contributed by atoms with Crippen molar-refractivity contribution in [2.45, 2.75) is 0 Å². The van der Waals surface area contributed by atoms with Crippen LogP contribution in [0.3, 0.4) is 0 Å². The van der Waals surface area contributed by atoms with Crippen molar-refractivity contribution in [3.63, 3.8) is 0 Å². The molecule has 21 heavy (non-hydrogen) atoms. The van der Waals surface area contributed by atoms with Crippen molar-refractivity contribution in [2.75, 3.05) is 64.2 Å². The van der Waals surface area contributed by atoms with Gasteiger partial charge in [-0.25, -0.2) is 0 Å². The van der Waals surface area contributed by atoms with E-state index in [1.807, 2.05) is 18.2 Å². The van der Waals surface area contributed by atoms with Gasteiger partial charge in [0.25, 0.3) is 5.91 Å². The van der Waals surface area contributed by atoms with E-state index in [9.17, 15) is 4.79 Å². The Kier molecular flexibility index (Phi) is 5.83. The fourth-order valence-electron chi connectivity index (χ4n) is 2.34. The highest BCUT2D eigenvalue weighted by Gasteiger charge is 2.21. The van der Waals surface area contributed by atoms with Gasteiger partial charge in [-0.1, -0.05) is 6.07 Å². The number of amides is 1. The lowest BCUT2D eigenvalue weighted by atomic mass is 10.1. The molecule has 0 bridgehead atoms. The Bertz CT molecular complexity index is 471. The van der Waals surface area contributed by atoms with Crippen molar-refractivity contribution in [3.8, 4) is 0 Å². The number of methoxy groups -OCH3 is 2. The van der Waals surface area contributed by atoms with Crippen LogP contribution in [0.15, 0.2) is 18.2 Å². The maximum absolute atomic E-state index is 12.8. The summed E-state index contributed by atoms with van der Waals surface area (Å²) in [5.41, 5.74) is 2.55. The number of ether oxygens (including phenoxy) is 2. The number of carbonyl (C=O) groups is 1. The van der Waals surface area contributed by atoms with Crippen LogP contribution in [0.5, 0.6) is 0 Å². The number of benzene rings is 1. The summed E-state index contributed by atoms with van der Waals surface area (Å²) in [4.78, 5) is 14.5. The molecule has 1 heterocycles. The van der Waals surface area contributed by atoms with E-state index in [-0.39, 0.29) is 5.91 Å². The number of nitrogens with zero attached hydrogens (tertiary/aromatic N) is 1. The second kappa shape index (κ2) is 7.85. The van der Waals surface area contributed by atoms with Gasteiger partial charge in [-0.3, -0.25) is 4.79 Å². The summed E-state index contributed by atoms with van der Waals surface area (Å²) in [6.07, 6.45) is 0. The first-order chi connectivity index (χ1) is 10.3. The number of para-hydroxylation sites is 1. The van der Waals surface area contributed by atoms with Gasteiger partial charge in [-0.15, -0.1) is 0 Å².